The molecule has 1 aromatic carbocycles. The predicted octanol–water partition coefficient (Wildman–Crippen LogP) is 4.46. The maximum absolute atomic E-state index is 13.5. The van der Waals surface area contributed by atoms with E-state index >= 15 is 0 Å². The molecule has 0 saturated heterocycles. The standard InChI is InChI=1S/C15H17BrFNO/c1-2-7-18-14(12-6-8-19-10-12)9-11-4-3-5-13(17)15(11)16/h3-6,8,10,14,18H,2,7,9H2,1H3. The average molecular weight is 326 g/mol. The predicted molar refractivity (Wildman–Crippen MR) is 77.5 cm³/mol. The molecular weight excluding hydrogens is 309 g/mol. The molecule has 1 heterocycles. The minimum atomic E-state index is -0.223. The van der Waals surface area contributed by atoms with Gasteiger partial charge in [-0.1, -0.05) is 19.1 Å². The van der Waals surface area contributed by atoms with Crippen LogP contribution in [0.1, 0.15) is 30.5 Å². The van der Waals surface area contributed by atoms with Crippen molar-refractivity contribution < 1.29 is 8.81 Å². The summed E-state index contributed by atoms with van der Waals surface area (Å²) in [5, 5.41) is 3.46. The van der Waals surface area contributed by atoms with Gasteiger partial charge in [-0.05, 0) is 53.0 Å². The molecule has 1 atom stereocenters. The molecule has 2 aromatic rings. The van der Waals surface area contributed by atoms with Gasteiger partial charge < -0.3 is 9.73 Å². The van der Waals surface area contributed by atoms with Crippen molar-refractivity contribution in [3.63, 3.8) is 0 Å². The molecule has 1 aromatic heterocycles. The van der Waals surface area contributed by atoms with Gasteiger partial charge >= 0.3 is 0 Å². The zero-order chi connectivity index (χ0) is 13.7. The van der Waals surface area contributed by atoms with Crippen LogP contribution >= 0.6 is 15.9 Å². The number of hydrogen-bond acceptors (Lipinski definition) is 2. The lowest BCUT2D eigenvalue weighted by molar-refractivity contribution is 0.510. The molecule has 102 valence electrons. The van der Waals surface area contributed by atoms with Gasteiger partial charge in [-0.2, -0.15) is 0 Å². The summed E-state index contributed by atoms with van der Waals surface area (Å²) in [5.41, 5.74) is 2.04. The molecule has 0 bridgehead atoms. The van der Waals surface area contributed by atoms with Crippen LogP contribution in [-0.2, 0) is 6.42 Å². The Morgan fingerprint density at radius 2 is 2.21 bits per heavy atom. The maximum atomic E-state index is 13.5. The molecule has 0 aliphatic rings. The smallest absolute Gasteiger partial charge is 0.137 e. The van der Waals surface area contributed by atoms with E-state index in [-0.39, 0.29) is 11.9 Å². The first-order chi connectivity index (χ1) is 9.22. The summed E-state index contributed by atoms with van der Waals surface area (Å²) in [7, 11) is 0. The highest BCUT2D eigenvalue weighted by molar-refractivity contribution is 9.10. The van der Waals surface area contributed by atoms with Crippen molar-refractivity contribution in [2.75, 3.05) is 6.54 Å². The fraction of sp³-hybridized carbons (Fsp3) is 0.333. The van der Waals surface area contributed by atoms with Gasteiger partial charge in [-0.15, -0.1) is 0 Å². The van der Waals surface area contributed by atoms with Gasteiger partial charge in [-0.3, -0.25) is 0 Å². The molecule has 0 saturated carbocycles. The van der Waals surface area contributed by atoms with Crippen LogP contribution in [0.3, 0.4) is 0 Å². The number of rotatable bonds is 6. The lowest BCUT2D eigenvalue weighted by Crippen LogP contribution is -2.23. The first-order valence-electron chi connectivity index (χ1n) is 6.40. The summed E-state index contributed by atoms with van der Waals surface area (Å²) < 4.78 is 19.2. The van der Waals surface area contributed by atoms with Crippen molar-refractivity contribution in [3.05, 3.63) is 58.2 Å². The number of nitrogens with one attached hydrogen (secondary N) is 1. The van der Waals surface area contributed by atoms with E-state index in [9.17, 15) is 4.39 Å². The van der Waals surface area contributed by atoms with Gasteiger partial charge in [0.2, 0.25) is 0 Å². The van der Waals surface area contributed by atoms with Gasteiger partial charge in [0.25, 0.3) is 0 Å². The van der Waals surface area contributed by atoms with Crippen LogP contribution in [0.15, 0.2) is 45.7 Å². The number of benzene rings is 1. The maximum Gasteiger partial charge on any atom is 0.137 e. The van der Waals surface area contributed by atoms with Crippen LogP contribution in [0.25, 0.3) is 0 Å². The molecule has 4 heteroatoms. The fourth-order valence-corrected chi connectivity index (χ4v) is 2.45. The highest BCUT2D eigenvalue weighted by Crippen LogP contribution is 2.26. The van der Waals surface area contributed by atoms with E-state index in [1.807, 2.05) is 12.1 Å². The van der Waals surface area contributed by atoms with Crippen LogP contribution in [-0.4, -0.2) is 6.54 Å². The van der Waals surface area contributed by atoms with Gasteiger partial charge in [0.1, 0.15) is 5.82 Å². The van der Waals surface area contributed by atoms with E-state index in [0.29, 0.717) is 4.47 Å². The van der Waals surface area contributed by atoms with E-state index in [0.717, 1.165) is 30.5 Å². The van der Waals surface area contributed by atoms with Gasteiger partial charge in [-0.25, -0.2) is 4.39 Å². The quantitative estimate of drug-likeness (QED) is 0.847. The second-order valence-corrected chi connectivity index (χ2v) is 5.27. The largest absolute Gasteiger partial charge is 0.472 e. The lowest BCUT2D eigenvalue weighted by Gasteiger charge is -2.18. The summed E-state index contributed by atoms with van der Waals surface area (Å²) in [6.07, 6.45) is 5.17. The average Bonchev–Trinajstić information content (AvgIpc) is 2.93. The number of hydrogen-bond donors (Lipinski definition) is 1. The molecular formula is C15H17BrFNO. The summed E-state index contributed by atoms with van der Waals surface area (Å²) in [6.45, 7) is 3.04. The number of furan rings is 1. The van der Waals surface area contributed by atoms with Gasteiger partial charge in [0, 0.05) is 11.6 Å². The Morgan fingerprint density at radius 1 is 1.37 bits per heavy atom. The molecule has 0 radical (unpaired) electrons. The summed E-state index contributed by atoms with van der Waals surface area (Å²) in [5.74, 6) is -0.223. The summed E-state index contributed by atoms with van der Waals surface area (Å²) >= 11 is 3.31. The van der Waals surface area contributed by atoms with Crippen molar-refractivity contribution in [3.8, 4) is 0 Å². The first kappa shape index (κ1) is 14.3. The zero-order valence-electron chi connectivity index (χ0n) is 10.8. The second-order valence-electron chi connectivity index (χ2n) is 4.48. The Balaban J connectivity index is 2.18. The van der Waals surface area contributed by atoms with Crippen molar-refractivity contribution >= 4 is 15.9 Å². The number of halogens is 2. The van der Waals surface area contributed by atoms with E-state index in [1.165, 1.54) is 6.07 Å². The second kappa shape index (κ2) is 6.87. The molecule has 0 spiro atoms. The molecule has 19 heavy (non-hydrogen) atoms. The molecule has 0 aliphatic carbocycles. The first-order valence-corrected chi connectivity index (χ1v) is 7.20. The minimum Gasteiger partial charge on any atom is -0.472 e. The highest BCUT2D eigenvalue weighted by Gasteiger charge is 2.15. The third-order valence-corrected chi connectivity index (χ3v) is 3.93. The lowest BCUT2D eigenvalue weighted by atomic mass is 10.0. The Hall–Kier alpha value is -1.13. The minimum absolute atomic E-state index is 0.136. The molecule has 1 N–H and O–H groups in total. The van der Waals surface area contributed by atoms with Crippen molar-refractivity contribution in [2.45, 2.75) is 25.8 Å². The van der Waals surface area contributed by atoms with E-state index in [4.69, 9.17) is 4.42 Å². The van der Waals surface area contributed by atoms with Gasteiger partial charge in [0.15, 0.2) is 0 Å². The van der Waals surface area contributed by atoms with E-state index in [1.54, 1.807) is 18.6 Å². The molecule has 1 unspecified atom stereocenters. The molecule has 0 fully saturated rings. The molecule has 0 amide bonds. The van der Waals surface area contributed by atoms with Crippen LogP contribution in [0.4, 0.5) is 4.39 Å². The topological polar surface area (TPSA) is 25.2 Å². The molecule has 2 rings (SSSR count). The van der Waals surface area contributed by atoms with Crippen LogP contribution in [0, 0.1) is 5.82 Å². The van der Waals surface area contributed by atoms with E-state index in [2.05, 4.69) is 28.2 Å². The fourth-order valence-electron chi connectivity index (χ4n) is 2.03. The van der Waals surface area contributed by atoms with Crippen LogP contribution < -0.4 is 5.32 Å². The monoisotopic (exact) mass is 325 g/mol. The SMILES string of the molecule is CCCNC(Cc1cccc(F)c1Br)c1ccoc1. The van der Waals surface area contributed by atoms with Crippen LogP contribution in [0.5, 0.6) is 0 Å². The highest BCUT2D eigenvalue weighted by atomic mass is 79.9. The Morgan fingerprint density at radius 3 is 2.89 bits per heavy atom. The van der Waals surface area contributed by atoms with Crippen molar-refractivity contribution in [2.24, 2.45) is 0 Å². The van der Waals surface area contributed by atoms with Crippen molar-refractivity contribution in [1.29, 1.82) is 0 Å². The van der Waals surface area contributed by atoms with E-state index < -0.39 is 0 Å². The Labute approximate surface area is 121 Å². The molecule has 0 aliphatic heterocycles. The zero-order valence-corrected chi connectivity index (χ0v) is 12.4. The third kappa shape index (κ3) is 3.67. The van der Waals surface area contributed by atoms with Gasteiger partial charge in [0.05, 0.1) is 17.0 Å². The summed E-state index contributed by atoms with van der Waals surface area (Å²) in [6, 6.07) is 7.22. The third-order valence-electron chi connectivity index (χ3n) is 3.04. The molecule has 2 nitrogen and oxygen atoms in total. The summed E-state index contributed by atoms with van der Waals surface area (Å²) in [4.78, 5) is 0. The van der Waals surface area contributed by atoms with Crippen LogP contribution in [0.2, 0.25) is 0 Å². The normalized spacial score (nSPS) is 12.6. The Bertz CT molecular complexity index is 513. The Kier molecular flexibility index (Phi) is 5.16. The van der Waals surface area contributed by atoms with Crippen molar-refractivity contribution in [1.82, 2.24) is 5.32 Å².